The van der Waals surface area contributed by atoms with E-state index in [1.165, 1.54) is 5.56 Å². The lowest BCUT2D eigenvalue weighted by molar-refractivity contribution is 0.506. The monoisotopic (exact) mass is 240 g/mol. The van der Waals surface area contributed by atoms with Crippen LogP contribution in [0.3, 0.4) is 0 Å². The van der Waals surface area contributed by atoms with E-state index < -0.39 is 0 Å². The summed E-state index contributed by atoms with van der Waals surface area (Å²) in [7, 11) is 0. The number of rotatable bonds is 3. The normalized spacial score (nSPS) is 21.3. The highest BCUT2D eigenvalue weighted by atomic mass is 16.4. The molecule has 0 bridgehead atoms. The fraction of sp³-hybridized carbons (Fsp3) is 0.231. The smallest absolute Gasteiger partial charge is 0.246 e. The Morgan fingerprint density at radius 3 is 2.72 bits per heavy atom. The van der Waals surface area contributed by atoms with Crippen LogP contribution in [-0.4, -0.2) is 4.98 Å². The van der Waals surface area contributed by atoms with Crippen molar-refractivity contribution in [3.05, 3.63) is 47.5 Å². The predicted molar refractivity (Wildman–Crippen MR) is 65.6 cm³/mol. The highest BCUT2D eigenvalue weighted by Gasteiger charge is 2.43. The summed E-state index contributed by atoms with van der Waals surface area (Å²) in [6, 6.07) is 12.2. The third-order valence-electron chi connectivity index (χ3n) is 3.22. The first-order chi connectivity index (χ1) is 8.83. The summed E-state index contributed by atoms with van der Waals surface area (Å²) in [5.74, 6) is 6.79. The van der Waals surface area contributed by atoms with Gasteiger partial charge >= 0.3 is 0 Å². The Kier molecular flexibility index (Phi) is 2.50. The highest BCUT2D eigenvalue weighted by Crippen LogP contribution is 2.54. The molecule has 18 heavy (non-hydrogen) atoms. The molecule has 2 atom stereocenters. The van der Waals surface area contributed by atoms with Gasteiger partial charge in [0.15, 0.2) is 0 Å². The van der Waals surface area contributed by atoms with Crippen LogP contribution in [0.15, 0.2) is 34.7 Å². The summed E-state index contributed by atoms with van der Waals surface area (Å²) in [6.07, 6.45) is 0.999. The van der Waals surface area contributed by atoms with Crippen molar-refractivity contribution in [3.8, 4) is 6.07 Å². The zero-order valence-electron chi connectivity index (χ0n) is 9.63. The molecule has 0 saturated heterocycles. The van der Waals surface area contributed by atoms with E-state index in [1.54, 1.807) is 0 Å². The Bertz CT molecular complexity index is 599. The maximum Gasteiger partial charge on any atom is 0.246 e. The topological polar surface area (TPSA) is 87.9 Å². The third kappa shape index (κ3) is 1.73. The lowest BCUT2D eigenvalue weighted by Crippen LogP contribution is -2.06. The molecule has 0 unspecified atom stereocenters. The van der Waals surface area contributed by atoms with Gasteiger partial charge in [-0.2, -0.15) is 5.26 Å². The van der Waals surface area contributed by atoms with Crippen molar-refractivity contribution in [2.75, 3.05) is 5.43 Å². The molecule has 1 fully saturated rings. The zero-order valence-corrected chi connectivity index (χ0v) is 9.63. The molecular formula is C13H12N4O. The summed E-state index contributed by atoms with van der Waals surface area (Å²) in [5.41, 5.74) is 3.85. The van der Waals surface area contributed by atoms with Gasteiger partial charge in [-0.1, -0.05) is 30.3 Å². The van der Waals surface area contributed by atoms with Crippen LogP contribution in [0, 0.1) is 11.3 Å². The van der Waals surface area contributed by atoms with E-state index in [0.717, 1.165) is 6.42 Å². The molecule has 0 spiro atoms. The Morgan fingerprint density at radius 2 is 2.11 bits per heavy atom. The van der Waals surface area contributed by atoms with Gasteiger partial charge in [-0.15, -0.1) is 0 Å². The van der Waals surface area contributed by atoms with E-state index >= 15 is 0 Å². The molecule has 2 aromatic rings. The first kappa shape index (κ1) is 10.8. The first-order valence-corrected chi connectivity index (χ1v) is 5.76. The fourth-order valence-corrected chi connectivity index (χ4v) is 2.21. The standard InChI is InChI=1S/C13H12N4O/c14-7-11-13(17-15)18-12(16-11)10-6-9(10)8-4-2-1-3-5-8/h1-5,9-10,17H,6,15H2/t9-,10+/m1/s1. The molecule has 3 N–H and O–H groups in total. The van der Waals surface area contributed by atoms with E-state index in [0.29, 0.717) is 11.8 Å². The van der Waals surface area contributed by atoms with Gasteiger partial charge in [0.25, 0.3) is 0 Å². The minimum Gasteiger partial charge on any atom is -0.422 e. The Balaban J connectivity index is 1.83. The van der Waals surface area contributed by atoms with Gasteiger partial charge in [-0.05, 0) is 17.9 Å². The third-order valence-corrected chi connectivity index (χ3v) is 3.22. The molecular weight excluding hydrogens is 228 g/mol. The summed E-state index contributed by atoms with van der Waals surface area (Å²) in [5, 5.41) is 8.88. The van der Waals surface area contributed by atoms with E-state index in [1.807, 2.05) is 24.3 Å². The molecule has 0 radical (unpaired) electrons. The predicted octanol–water partition coefficient (Wildman–Crippen LogP) is 2.10. The molecule has 1 heterocycles. The number of hydrazine groups is 1. The molecule has 1 aromatic carbocycles. The molecule has 1 aliphatic carbocycles. The number of anilines is 1. The minimum atomic E-state index is 0.214. The lowest BCUT2D eigenvalue weighted by atomic mass is 10.1. The van der Waals surface area contributed by atoms with Crippen molar-refractivity contribution < 1.29 is 4.42 Å². The number of hydrogen-bond donors (Lipinski definition) is 2. The second kappa shape index (κ2) is 4.17. The average molecular weight is 240 g/mol. The number of oxazole rings is 1. The molecule has 1 aromatic heterocycles. The Labute approximate surface area is 104 Å². The van der Waals surface area contributed by atoms with Crippen molar-refractivity contribution >= 4 is 5.88 Å². The van der Waals surface area contributed by atoms with Crippen molar-refractivity contribution in [1.82, 2.24) is 4.98 Å². The van der Waals surface area contributed by atoms with Crippen LogP contribution in [0.1, 0.15) is 35.4 Å². The summed E-state index contributed by atoms with van der Waals surface area (Å²) >= 11 is 0. The van der Waals surface area contributed by atoms with Gasteiger partial charge in [-0.25, -0.2) is 10.8 Å². The fourth-order valence-electron chi connectivity index (χ4n) is 2.21. The number of nitrogens with one attached hydrogen (secondary N) is 1. The molecule has 90 valence electrons. The molecule has 3 rings (SSSR count). The molecule has 5 heteroatoms. The van der Waals surface area contributed by atoms with E-state index in [2.05, 4.69) is 22.5 Å². The van der Waals surface area contributed by atoms with Crippen molar-refractivity contribution in [2.45, 2.75) is 18.3 Å². The van der Waals surface area contributed by atoms with Crippen LogP contribution in [0.2, 0.25) is 0 Å². The maximum atomic E-state index is 8.88. The van der Waals surface area contributed by atoms with Gasteiger partial charge in [0.2, 0.25) is 17.5 Å². The minimum absolute atomic E-state index is 0.214. The van der Waals surface area contributed by atoms with Crippen LogP contribution in [0.4, 0.5) is 5.88 Å². The summed E-state index contributed by atoms with van der Waals surface area (Å²) in [4.78, 5) is 4.17. The van der Waals surface area contributed by atoms with E-state index in [-0.39, 0.29) is 17.5 Å². The van der Waals surface area contributed by atoms with E-state index in [4.69, 9.17) is 15.5 Å². The number of benzene rings is 1. The Hall–Kier alpha value is -2.32. The number of nitriles is 1. The van der Waals surface area contributed by atoms with Crippen LogP contribution in [-0.2, 0) is 0 Å². The second-order valence-electron chi connectivity index (χ2n) is 4.35. The number of nitrogen functional groups attached to an aromatic ring is 1. The van der Waals surface area contributed by atoms with Crippen molar-refractivity contribution in [1.29, 1.82) is 5.26 Å². The molecule has 0 amide bonds. The molecule has 5 nitrogen and oxygen atoms in total. The first-order valence-electron chi connectivity index (χ1n) is 5.76. The van der Waals surface area contributed by atoms with Crippen molar-refractivity contribution in [3.63, 3.8) is 0 Å². The van der Waals surface area contributed by atoms with Gasteiger partial charge in [0.1, 0.15) is 6.07 Å². The Morgan fingerprint density at radius 1 is 1.33 bits per heavy atom. The van der Waals surface area contributed by atoms with Gasteiger partial charge < -0.3 is 4.42 Å². The zero-order chi connectivity index (χ0) is 12.5. The second-order valence-corrected chi connectivity index (χ2v) is 4.35. The van der Waals surface area contributed by atoms with E-state index in [9.17, 15) is 0 Å². The largest absolute Gasteiger partial charge is 0.422 e. The number of aromatic nitrogens is 1. The maximum absolute atomic E-state index is 8.88. The van der Waals surface area contributed by atoms with Crippen LogP contribution < -0.4 is 11.3 Å². The number of nitrogens with zero attached hydrogens (tertiary/aromatic N) is 2. The summed E-state index contributed by atoms with van der Waals surface area (Å²) < 4.78 is 5.46. The van der Waals surface area contributed by atoms with Gasteiger partial charge in [-0.3, -0.25) is 5.43 Å². The van der Waals surface area contributed by atoms with Crippen LogP contribution >= 0.6 is 0 Å². The van der Waals surface area contributed by atoms with Crippen molar-refractivity contribution in [2.24, 2.45) is 5.84 Å². The average Bonchev–Trinajstić information content (AvgIpc) is 3.12. The number of nitrogens with two attached hydrogens (primary N) is 1. The highest BCUT2D eigenvalue weighted by molar-refractivity contribution is 5.45. The molecule has 0 aliphatic heterocycles. The summed E-state index contributed by atoms with van der Waals surface area (Å²) in [6.45, 7) is 0. The molecule has 1 aliphatic rings. The van der Waals surface area contributed by atoms with Gasteiger partial charge in [0, 0.05) is 5.92 Å². The lowest BCUT2D eigenvalue weighted by Gasteiger charge is -1.97. The molecule has 1 saturated carbocycles. The quantitative estimate of drug-likeness (QED) is 0.633. The van der Waals surface area contributed by atoms with Crippen LogP contribution in [0.25, 0.3) is 0 Å². The van der Waals surface area contributed by atoms with Crippen LogP contribution in [0.5, 0.6) is 0 Å². The van der Waals surface area contributed by atoms with Gasteiger partial charge in [0.05, 0.1) is 0 Å². The number of hydrogen-bond acceptors (Lipinski definition) is 5. The SMILES string of the molecule is N#Cc1nc([C@H]2C[C@@H]2c2ccccc2)oc1NN.